The average molecular weight is 1200 g/mol. The second kappa shape index (κ2) is 20.0. The summed E-state index contributed by atoms with van der Waals surface area (Å²) in [6.45, 7) is -0.138. The molecule has 470 valence electrons. The van der Waals surface area contributed by atoms with Crippen LogP contribution in [0.2, 0.25) is 0 Å². The van der Waals surface area contributed by atoms with Crippen molar-refractivity contribution in [1.82, 2.24) is 5.32 Å². The van der Waals surface area contributed by atoms with Gasteiger partial charge in [0, 0.05) is 57.6 Å². The van der Waals surface area contributed by atoms with Crippen molar-refractivity contribution in [3.8, 4) is 11.8 Å². The zero-order chi connectivity index (χ0) is 60.4. The lowest BCUT2D eigenvalue weighted by Gasteiger charge is -2.75. The van der Waals surface area contributed by atoms with Crippen LogP contribution in [0.15, 0.2) is 84.5 Å². The SMILES string of the molecule is CN[C@H]1Cc2c(cccc2CO)C#C[C@]23C[C@@H]4CCc5c(cccc5C[C@H]4C2)Cc2cccc(c2)[C@H]2CC[C@@H]4[C@H](CC[C@]45C[C@]4(C=O)[C@H]6CC[C@]7(C3)[C@H]3C8=CC(=O)O[C@@H]8[C@@H]1C[C@H]3C[C@]7(O)[C@]6(O)[C@@H](O)[C@H]1C[C@@H]3[C@H](C=CC[C@H]3C3CCCC3)C[C@H]([C@H]5O)[C@@]14O)C2. The highest BCUT2D eigenvalue weighted by molar-refractivity contribution is 5.86. The molecule has 20 aliphatic rings. The van der Waals surface area contributed by atoms with Crippen molar-refractivity contribution in [3.63, 3.8) is 0 Å². The number of carbonyl (C=O) groups excluding carboxylic acids is 2. The van der Waals surface area contributed by atoms with Gasteiger partial charge < -0.3 is 45.5 Å². The van der Waals surface area contributed by atoms with Gasteiger partial charge in [-0.25, -0.2) is 4.79 Å². The molecule has 10 nitrogen and oxygen atoms in total. The number of aliphatic hydroxyl groups is 6. The highest BCUT2D eigenvalue weighted by Crippen LogP contribution is 2.81. The first-order chi connectivity index (χ1) is 43.1. The van der Waals surface area contributed by atoms with E-state index in [9.17, 15) is 20.1 Å². The molecule has 23 rings (SSSR count). The second-order valence-electron chi connectivity index (χ2n) is 33.4. The van der Waals surface area contributed by atoms with Crippen LogP contribution < -0.4 is 5.32 Å². The average Bonchev–Trinajstić information content (AvgIpc) is 1.63. The first-order valence-electron chi connectivity index (χ1n) is 35.8. The van der Waals surface area contributed by atoms with Gasteiger partial charge in [-0.05, 0) is 258 Å². The zero-order valence-corrected chi connectivity index (χ0v) is 52.3. The molecule has 89 heavy (non-hydrogen) atoms. The number of fused-ring (bicyclic) bond motifs is 2. The van der Waals surface area contributed by atoms with E-state index in [4.69, 9.17) is 4.74 Å². The molecule has 25 atom stereocenters. The van der Waals surface area contributed by atoms with Gasteiger partial charge in [0.05, 0.1) is 29.8 Å². The summed E-state index contributed by atoms with van der Waals surface area (Å²) in [6, 6.07) is 22.3. The van der Waals surface area contributed by atoms with E-state index in [0.717, 1.165) is 118 Å². The maximum atomic E-state index is 15.9. The van der Waals surface area contributed by atoms with Gasteiger partial charge in [-0.1, -0.05) is 104 Å². The lowest BCUT2D eigenvalue weighted by atomic mass is 9.32. The van der Waals surface area contributed by atoms with Crippen LogP contribution in [0.25, 0.3) is 0 Å². The number of aldehydes is 1. The van der Waals surface area contributed by atoms with Crippen LogP contribution in [0, 0.1) is 116 Å². The van der Waals surface area contributed by atoms with E-state index in [1.54, 1.807) is 6.08 Å². The molecule has 1 aliphatic heterocycles. The third kappa shape index (κ3) is 7.54. The fourth-order valence-electron chi connectivity index (χ4n) is 27.7. The molecule has 3 aromatic carbocycles. The molecule has 1 heterocycles. The number of carbonyl (C=O) groups is 2. The maximum absolute atomic E-state index is 15.9. The van der Waals surface area contributed by atoms with Crippen LogP contribution in [0.3, 0.4) is 0 Å². The highest BCUT2D eigenvalue weighted by Gasteiger charge is 2.88. The van der Waals surface area contributed by atoms with Gasteiger partial charge in [-0.2, -0.15) is 0 Å². The Bertz CT molecular complexity index is 3560. The predicted molar refractivity (Wildman–Crippen MR) is 337 cm³/mol. The largest absolute Gasteiger partial charge is 0.454 e. The first kappa shape index (κ1) is 57.2. The number of likely N-dealkylation sites (N-methyl/N-ethyl adjacent to an activating group) is 1. The van der Waals surface area contributed by atoms with E-state index in [1.807, 2.05) is 19.2 Å². The van der Waals surface area contributed by atoms with Crippen molar-refractivity contribution in [3.05, 3.63) is 129 Å². The number of hydrogen-bond donors (Lipinski definition) is 7. The van der Waals surface area contributed by atoms with E-state index in [2.05, 4.69) is 77.8 Å². The van der Waals surface area contributed by atoms with Crippen LogP contribution >= 0.6 is 0 Å². The molecule has 3 aromatic rings. The predicted octanol–water partition coefficient (Wildman–Crippen LogP) is 10.6. The lowest BCUT2D eigenvalue weighted by Crippen LogP contribution is -2.86. The number of allylic oxidation sites excluding steroid dienone is 2. The summed E-state index contributed by atoms with van der Waals surface area (Å²) in [5.74, 6) is 6.16. The molecule has 3 spiro atoms. The summed E-state index contributed by atoms with van der Waals surface area (Å²) >= 11 is 0. The summed E-state index contributed by atoms with van der Waals surface area (Å²) in [7, 11) is 1.97. The van der Waals surface area contributed by atoms with E-state index in [-0.39, 0.29) is 73.4 Å². The molecular weight excluding hydrogens is 1110 g/mol. The third-order valence-corrected chi connectivity index (χ3v) is 30.8. The maximum Gasteiger partial charge on any atom is 0.331 e. The van der Waals surface area contributed by atoms with Gasteiger partial charge in [-0.3, -0.25) is 0 Å². The molecule has 0 unspecified atom stereocenters. The fraction of sp³-hybridized carbons (Fsp3) is 0.671. The topological polar surface area (TPSA) is 177 Å². The zero-order valence-electron chi connectivity index (χ0n) is 52.3. The van der Waals surface area contributed by atoms with Crippen LogP contribution in [0.5, 0.6) is 0 Å². The minimum absolute atomic E-state index is 0.0136. The Morgan fingerprint density at radius 3 is 2.39 bits per heavy atom. The van der Waals surface area contributed by atoms with E-state index < -0.39 is 80.4 Å². The van der Waals surface area contributed by atoms with Crippen molar-refractivity contribution in [2.24, 2.45) is 105 Å². The van der Waals surface area contributed by atoms with Crippen molar-refractivity contribution < 1.29 is 45.0 Å². The number of ether oxygens (including phenoxy) is 1. The standard InChI is InChI=1S/C79H95NO9/c1-80-66-35-59-46(11-5-16-54(59)40-81)22-25-73-37-53-18-20-57-49(13-6-14-50(57)31-55(53)38-73)29-44-8-4-12-47(28-44)48-19-21-63-52(30-48)23-26-74(63)42-76(43-82)67-24-27-75(41-73)69-56(32-61(66)70-62(69)36-68(83)89-70)39-77(75,86)79(67,88)72(85)65-34-60-51(33-64(71(74)84)78(65,76)87)15-7-17-58(60)45-9-2-3-10-45/h4-8,11-16,28,36,43,45,48,51-53,55-56,58,60-61,63-67,69-72,80-81,84-88H,2-3,9-10,17-21,23-24,26-27,29-35,37-42H2,1H3/t48-,51+,52+,53-,55-,56-,58-,60+,61+,63+,64+,65+,66-,67+,69+,70+,71+,72-,73-,74-,75-,76-,77+,78+,79+/m0/s1. The molecule has 0 radical (unpaired) electrons. The van der Waals surface area contributed by atoms with E-state index >= 15 is 20.1 Å². The Kier molecular flexibility index (Phi) is 12.9. The molecule has 7 N–H and O–H groups in total. The number of benzene rings is 3. The molecule has 10 saturated carbocycles. The Hall–Kier alpha value is -4.44. The molecule has 10 fully saturated rings. The fourth-order valence-corrected chi connectivity index (χ4v) is 27.7. The summed E-state index contributed by atoms with van der Waals surface area (Å²) < 4.78 is 6.63. The molecular formula is C79H95NO9. The van der Waals surface area contributed by atoms with Crippen molar-refractivity contribution in [2.45, 2.75) is 214 Å². The van der Waals surface area contributed by atoms with Crippen LogP contribution in [-0.2, 0) is 46.6 Å². The second-order valence-corrected chi connectivity index (χ2v) is 33.4. The highest BCUT2D eigenvalue weighted by atomic mass is 16.5. The van der Waals surface area contributed by atoms with Crippen LogP contribution in [0.1, 0.15) is 185 Å². The minimum Gasteiger partial charge on any atom is -0.454 e. The Labute approximate surface area is 526 Å². The molecule has 10 heteroatoms. The molecule has 0 saturated heterocycles. The Morgan fingerprint density at radius 2 is 1.55 bits per heavy atom. The Morgan fingerprint density at radius 1 is 0.730 bits per heavy atom. The number of rotatable bonds is 4. The third-order valence-electron chi connectivity index (χ3n) is 30.8. The molecule has 0 amide bonds. The number of hydrogen-bond acceptors (Lipinski definition) is 10. The van der Waals surface area contributed by atoms with E-state index in [0.29, 0.717) is 68.1 Å². The number of aliphatic hydroxyl groups excluding tert-OH is 3. The lowest BCUT2D eigenvalue weighted by molar-refractivity contribution is -0.386. The van der Waals surface area contributed by atoms with Gasteiger partial charge in [0.15, 0.2) is 0 Å². The molecule has 0 aromatic heterocycles. The molecule has 19 bridgehead atoms. The van der Waals surface area contributed by atoms with E-state index in [1.165, 1.54) is 40.7 Å². The normalized spacial score (nSPS) is 49.2. The smallest absolute Gasteiger partial charge is 0.331 e. The van der Waals surface area contributed by atoms with Gasteiger partial charge >= 0.3 is 5.97 Å². The van der Waals surface area contributed by atoms with Gasteiger partial charge in [0.25, 0.3) is 0 Å². The van der Waals surface area contributed by atoms with Gasteiger partial charge in [0.1, 0.15) is 23.6 Å². The summed E-state index contributed by atoms with van der Waals surface area (Å²) in [5.41, 5.74) is 0.244. The van der Waals surface area contributed by atoms with Gasteiger partial charge in [0.2, 0.25) is 0 Å². The monoisotopic (exact) mass is 1200 g/mol. The summed E-state index contributed by atoms with van der Waals surface area (Å²) in [6.07, 6.45) is 23.3. The van der Waals surface area contributed by atoms with Crippen molar-refractivity contribution >= 4 is 12.3 Å². The molecule has 19 aliphatic carbocycles. The Balaban J connectivity index is 0.887. The summed E-state index contributed by atoms with van der Waals surface area (Å²) in [5, 5.41) is 89.9. The van der Waals surface area contributed by atoms with Crippen LogP contribution in [0.4, 0.5) is 0 Å². The van der Waals surface area contributed by atoms with Crippen molar-refractivity contribution in [2.75, 3.05) is 7.05 Å². The van der Waals surface area contributed by atoms with Crippen molar-refractivity contribution in [1.29, 1.82) is 0 Å². The van der Waals surface area contributed by atoms with Crippen LogP contribution in [-0.4, -0.2) is 91.1 Å². The summed E-state index contributed by atoms with van der Waals surface area (Å²) in [4.78, 5) is 30.3. The minimum atomic E-state index is -2.29. The number of esters is 1. The van der Waals surface area contributed by atoms with Gasteiger partial charge in [-0.15, -0.1) is 0 Å². The number of nitrogens with one attached hydrogen (secondary N) is 1. The quantitative estimate of drug-likeness (QED) is 0.0576. The first-order valence-corrected chi connectivity index (χ1v) is 35.8.